The molecule has 0 saturated carbocycles. The van der Waals surface area contributed by atoms with Gasteiger partial charge in [0.15, 0.2) is 0 Å². The molecule has 0 amide bonds. The standard InChI is InChI=1S/C22H17N3O5S/c26-25(27)18-11-7-10-17(14-18)20-24-22(31(28,29)19-12-5-2-6-13-19)21(30-20)23-15-16-8-3-1-4-9-16/h1-14,23H,15H2. The Morgan fingerprint density at radius 2 is 1.61 bits per heavy atom. The van der Waals surface area contributed by atoms with Crippen molar-refractivity contribution in [3.8, 4) is 11.5 Å². The van der Waals surface area contributed by atoms with E-state index in [1.165, 1.54) is 30.3 Å². The third-order valence-corrected chi connectivity index (χ3v) is 6.18. The molecule has 3 aromatic carbocycles. The van der Waals surface area contributed by atoms with Gasteiger partial charge in [-0.3, -0.25) is 10.1 Å². The predicted molar refractivity (Wildman–Crippen MR) is 114 cm³/mol. The average Bonchev–Trinajstić information content (AvgIpc) is 3.24. The first-order valence-electron chi connectivity index (χ1n) is 9.29. The van der Waals surface area contributed by atoms with Gasteiger partial charge in [-0.05, 0) is 23.8 Å². The Balaban J connectivity index is 1.78. The summed E-state index contributed by atoms with van der Waals surface area (Å²) in [6.07, 6.45) is 0. The Kier molecular flexibility index (Phi) is 5.50. The largest absolute Gasteiger partial charge is 0.419 e. The lowest BCUT2D eigenvalue weighted by Crippen LogP contribution is -2.07. The Bertz CT molecular complexity index is 1320. The third kappa shape index (κ3) is 4.31. The molecule has 4 rings (SSSR count). The summed E-state index contributed by atoms with van der Waals surface area (Å²) in [5.74, 6) is -0.0667. The van der Waals surface area contributed by atoms with Gasteiger partial charge in [-0.25, -0.2) is 8.42 Å². The molecule has 0 atom stereocenters. The Labute approximate surface area is 178 Å². The highest BCUT2D eigenvalue weighted by molar-refractivity contribution is 7.91. The highest BCUT2D eigenvalue weighted by Crippen LogP contribution is 2.33. The maximum Gasteiger partial charge on any atom is 0.270 e. The van der Waals surface area contributed by atoms with Crippen molar-refractivity contribution in [1.82, 2.24) is 4.98 Å². The summed E-state index contributed by atoms with van der Waals surface area (Å²) in [5, 5.41) is 13.8. The number of nitro benzene ring substituents is 1. The second-order valence-electron chi connectivity index (χ2n) is 6.62. The van der Waals surface area contributed by atoms with Crippen LogP contribution in [0.5, 0.6) is 0 Å². The number of benzene rings is 3. The quantitative estimate of drug-likeness (QED) is 0.330. The number of anilines is 1. The zero-order valence-corrected chi connectivity index (χ0v) is 17.0. The number of oxazole rings is 1. The highest BCUT2D eigenvalue weighted by Gasteiger charge is 2.28. The van der Waals surface area contributed by atoms with E-state index >= 15 is 0 Å². The molecule has 0 bridgehead atoms. The zero-order valence-electron chi connectivity index (χ0n) is 16.1. The predicted octanol–water partition coefficient (Wildman–Crippen LogP) is 4.69. The van der Waals surface area contributed by atoms with Crippen molar-refractivity contribution in [3.05, 3.63) is 101 Å². The number of sulfone groups is 1. The van der Waals surface area contributed by atoms with Crippen LogP contribution in [0.2, 0.25) is 0 Å². The van der Waals surface area contributed by atoms with Crippen LogP contribution in [-0.2, 0) is 16.4 Å². The summed E-state index contributed by atoms with van der Waals surface area (Å²) in [6.45, 7) is 0.307. The van der Waals surface area contributed by atoms with Gasteiger partial charge in [-0.1, -0.05) is 54.6 Å². The molecule has 31 heavy (non-hydrogen) atoms. The molecule has 9 heteroatoms. The topological polar surface area (TPSA) is 115 Å². The van der Waals surface area contributed by atoms with E-state index in [-0.39, 0.29) is 27.4 Å². The van der Waals surface area contributed by atoms with E-state index in [1.807, 2.05) is 30.3 Å². The molecule has 1 N–H and O–H groups in total. The van der Waals surface area contributed by atoms with Crippen LogP contribution < -0.4 is 5.32 Å². The van der Waals surface area contributed by atoms with Crippen molar-refractivity contribution in [2.24, 2.45) is 0 Å². The first-order valence-corrected chi connectivity index (χ1v) is 10.8. The molecule has 0 spiro atoms. The zero-order chi connectivity index (χ0) is 21.8. The van der Waals surface area contributed by atoms with E-state index in [1.54, 1.807) is 24.3 Å². The van der Waals surface area contributed by atoms with E-state index in [2.05, 4.69) is 10.3 Å². The van der Waals surface area contributed by atoms with Crippen molar-refractivity contribution in [2.45, 2.75) is 16.5 Å². The second kappa shape index (κ2) is 8.41. The average molecular weight is 435 g/mol. The molecule has 0 aliphatic carbocycles. The number of nitrogens with one attached hydrogen (secondary N) is 1. The van der Waals surface area contributed by atoms with Crippen LogP contribution in [0.3, 0.4) is 0 Å². The Morgan fingerprint density at radius 3 is 2.29 bits per heavy atom. The van der Waals surface area contributed by atoms with Gasteiger partial charge in [0, 0.05) is 24.2 Å². The molecule has 1 heterocycles. The summed E-state index contributed by atoms with van der Waals surface area (Å²) in [7, 11) is -3.99. The summed E-state index contributed by atoms with van der Waals surface area (Å²) in [6, 6.07) is 22.9. The number of hydrogen-bond acceptors (Lipinski definition) is 7. The molecule has 0 aliphatic rings. The number of non-ortho nitro benzene ring substituents is 1. The van der Waals surface area contributed by atoms with Crippen LogP contribution in [0.25, 0.3) is 11.5 Å². The van der Waals surface area contributed by atoms with Crippen LogP contribution in [-0.4, -0.2) is 18.3 Å². The minimum atomic E-state index is -3.99. The van der Waals surface area contributed by atoms with Crippen molar-refractivity contribution < 1.29 is 17.8 Å². The second-order valence-corrected chi connectivity index (χ2v) is 8.48. The van der Waals surface area contributed by atoms with Gasteiger partial charge < -0.3 is 9.73 Å². The van der Waals surface area contributed by atoms with Gasteiger partial charge in [0.1, 0.15) is 0 Å². The van der Waals surface area contributed by atoms with Crippen LogP contribution in [0, 0.1) is 10.1 Å². The van der Waals surface area contributed by atoms with E-state index in [0.717, 1.165) is 5.56 Å². The number of nitro groups is 1. The number of hydrogen-bond donors (Lipinski definition) is 1. The van der Waals surface area contributed by atoms with E-state index < -0.39 is 14.8 Å². The minimum Gasteiger partial charge on any atom is -0.419 e. The summed E-state index contributed by atoms with van der Waals surface area (Å²) < 4.78 is 32.2. The summed E-state index contributed by atoms with van der Waals surface area (Å²) >= 11 is 0. The lowest BCUT2D eigenvalue weighted by molar-refractivity contribution is -0.384. The summed E-state index contributed by atoms with van der Waals surface area (Å²) in [5.41, 5.74) is 1.06. The molecule has 0 saturated heterocycles. The lowest BCUT2D eigenvalue weighted by Gasteiger charge is -2.06. The first-order chi connectivity index (χ1) is 14.9. The van der Waals surface area contributed by atoms with Crippen molar-refractivity contribution in [3.63, 3.8) is 0 Å². The molecule has 156 valence electrons. The van der Waals surface area contributed by atoms with Gasteiger partial charge in [0.2, 0.25) is 26.6 Å². The first kappa shape index (κ1) is 20.3. The molecule has 8 nitrogen and oxygen atoms in total. The fourth-order valence-electron chi connectivity index (χ4n) is 2.97. The van der Waals surface area contributed by atoms with Crippen molar-refractivity contribution in [2.75, 3.05) is 5.32 Å². The fraction of sp³-hybridized carbons (Fsp3) is 0.0455. The van der Waals surface area contributed by atoms with Gasteiger partial charge in [0.05, 0.1) is 9.82 Å². The molecule has 4 aromatic rings. The number of aromatic nitrogens is 1. The van der Waals surface area contributed by atoms with E-state index in [4.69, 9.17) is 4.42 Å². The molecular weight excluding hydrogens is 418 g/mol. The monoisotopic (exact) mass is 435 g/mol. The van der Waals surface area contributed by atoms with Crippen molar-refractivity contribution >= 4 is 21.4 Å². The highest BCUT2D eigenvalue weighted by atomic mass is 32.2. The van der Waals surface area contributed by atoms with Gasteiger partial charge in [0.25, 0.3) is 5.69 Å². The number of rotatable bonds is 7. The van der Waals surface area contributed by atoms with E-state index in [0.29, 0.717) is 12.1 Å². The Hall–Kier alpha value is -3.98. The van der Waals surface area contributed by atoms with Gasteiger partial charge in [-0.15, -0.1) is 0 Å². The third-order valence-electron chi connectivity index (χ3n) is 4.50. The number of nitrogens with zero attached hydrogens (tertiary/aromatic N) is 2. The molecule has 0 unspecified atom stereocenters. The van der Waals surface area contributed by atoms with Crippen LogP contribution in [0.1, 0.15) is 5.56 Å². The maximum absolute atomic E-state index is 13.2. The molecular formula is C22H17N3O5S. The normalized spacial score (nSPS) is 11.2. The van der Waals surface area contributed by atoms with Crippen LogP contribution in [0.15, 0.2) is 99.3 Å². The van der Waals surface area contributed by atoms with Gasteiger partial charge >= 0.3 is 0 Å². The molecule has 0 fully saturated rings. The van der Waals surface area contributed by atoms with Crippen LogP contribution >= 0.6 is 0 Å². The van der Waals surface area contributed by atoms with Crippen LogP contribution in [0.4, 0.5) is 11.6 Å². The van der Waals surface area contributed by atoms with Crippen molar-refractivity contribution in [1.29, 1.82) is 0 Å². The van der Waals surface area contributed by atoms with Gasteiger partial charge in [-0.2, -0.15) is 4.98 Å². The molecule has 1 aromatic heterocycles. The maximum atomic E-state index is 13.2. The lowest BCUT2D eigenvalue weighted by atomic mass is 10.2. The SMILES string of the molecule is O=[N+]([O-])c1cccc(-c2nc(S(=O)(=O)c3ccccc3)c(NCc3ccccc3)o2)c1. The van der Waals surface area contributed by atoms with E-state index in [9.17, 15) is 18.5 Å². The smallest absolute Gasteiger partial charge is 0.270 e. The minimum absolute atomic E-state index is 0.0331. The Morgan fingerprint density at radius 1 is 0.935 bits per heavy atom. The molecule has 0 radical (unpaired) electrons. The fourth-order valence-corrected chi connectivity index (χ4v) is 4.27. The molecule has 0 aliphatic heterocycles. The summed E-state index contributed by atoms with van der Waals surface area (Å²) in [4.78, 5) is 14.8.